The molecule has 2 aromatic rings. The highest BCUT2D eigenvalue weighted by molar-refractivity contribution is 7.91. The van der Waals surface area contributed by atoms with Gasteiger partial charge in [-0.25, -0.2) is 8.42 Å². The molecule has 6 nitrogen and oxygen atoms in total. The molecular weight excluding hydrogens is 384 g/mol. The molecule has 156 valence electrons. The highest BCUT2D eigenvalue weighted by Gasteiger charge is 2.22. The van der Waals surface area contributed by atoms with Crippen molar-refractivity contribution in [2.75, 3.05) is 47.4 Å². The lowest BCUT2D eigenvalue weighted by Crippen LogP contribution is -2.30. The van der Waals surface area contributed by atoms with Crippen LogP contribution in [-0.2, 0) is 9.84 Å². The molecule has 0 aromatic heterocycles. The van der Waals surface area contributed by atoms with Gasteiger partial charge in [0.15, 0.2) is 0 Å². The third-order valence-electron chi connectivity index (χ3n) is 6.01. The van der Waals surface area contributed by atoms with Crippen LogP contribution in [0.1, 0.15) is 38.5 Å². The zero-order valence-corrected chi connectivity index (χ0v) is 17.6. The van der Waals surface area contributed by atoms with E-state index in [1.165, 1.54) is 12.8 Å². The minimum absolute atomic E-state index is 0.209. The topological polar surface area (TPSA) is 92.7 Å². The second-order valence-corrected chi connectivity index (χ2v) is 9.99. The van der Waals surface area contributed by atoms with E-state index in [1.807, 2.05) is 12.1 Å². The van der Waals surface area contributed by atoms with Crippen molar-refractivity contribution in [3.8, 4) is 0 Å². The Kier molecular flexibility index (Phi) is 5.58. The van der Waals surface area contributed by atoms with Crippen molar-refractivity contribution in [2.24, 2.45) is 0 Å². The summed E-state index contributed by atoms with van der Waals surface area (Å²) in [6.07, 6.45) is 7.03. The fourth-order valence-corrected chi connectivity index (χ4v) is 5.71. The number of rotatable bonds is 4. The molecule has 2 fully saturated rings. The van der Waals surface area contributed by atoms with Crippen LogP contribution in [0.15, 0.2) is 46.2 Å². The summed E-state index contributed by atoms with van der Waals surface area (Å²) in [6, 6.07) is 10.1. The average molecular weight is 415 g/mol. The SMILES string of the molecule is Nc1cc(S(=O)(=O)c2ccc(N3CCCCC3)c(N)c2)ccc1N1CCCCC1. The van der Waals surface area contributed by atoms with Gasteiger partial charge in [-0.2, -0.15) is 0 Å². The zero-order chi connectivity index (χ0) is 20.4. The Morgan fingerprint density at radius 3 is 1.34 bits per heavy atom. The first-order valence-corrected chi connectivity index (χ1v) is 12.0. The molecule has 0 saturated carbocycles. The van der Waals surface area contributed by atoms with E-state index in [0.29, 0.717) is 11.4 Å². The van der Waals surface area contributed by atoms with Crippen molar-refractivity contribution >= 4 is 32.6 Å². The Balaban J connectivity index is 1.61. The Morgan fingerprint density at radius 1 is 0.621 bits per heavy atom. The van der Waals surface area contributed by atoms with Gasteiger partial charge in [-0.1, -0.05) is 0 Å². The second-order valence-electron chi connectivity index (χ2n) is 8.04. The van der Waals surface area contributed by atoms with Crippen molar-refractivity contribution in [2.45, 2.75) is 48.3 Å². The summed E-state index contributed by atoms with van der Waals surface area (Å²) in [5, 5.41) is 0. The standard InChI is InChI=1S/C22H30N4O2S/c23-19-15-17(7-9-21(19)25-11-3-1-4-12-25)29(27,28)18-8-10-22(20(24)16-18)26-13-5-2-6-14-26/h7-10,15-16H,1-6,11-14,23-24H2. The van der Waals surface area contributed by atoms with E-state index < -0.39 is 9.84 Å². The largest absolute Gasteiger partial charge is 0.397 e. The Bertz CT molecular complexity index is 905. The molecule has 7 heteroatoms. The zero-order valence-electron chi connectivity index (χ0n) is 16.8. The second kappa shape index (κ2) is 8.14. The van der Waals surface area contributed by atoms with Crippen LogP contribution < -0.4 is 21.3 Å². The van der Waals surface area contributed by atoms with Crippen LogP contribution >= 0.6 is 0 Å². The number of nitrogens with zero attached hydrogens (tertiary/aromatic N) is 2. The van der Waals surface area contributed by atoms with E-state index in [4.69, 9.17) is 11.5 Å². The maximum absolute atomic E-state index is 13.2. The number of hydrogen-bond donors (Lipinski definition) is 2. The number of piperidine rings is 2. The molecule has 2 heterocycles. The van der Waals surface area contributed by atoms with Crippen LogP contribution in [0.4, 0.5) is 22.7 Å². The van der Waals surface area contributed by atoms with E-state index in [0.717, 1.165) is 63.2 Å². The van der Waals surface area contributed by atoms with Gasteiger partial charge in [-0.3, -0.25) is 0 Å². The van der Waals surface area contributed by atoms with Gasteiger partial charge in [0.25, 0.3) is 0 Å². The summed E-state index contributed by atoms with van der Waals surface area (Å²) in [6.45, 7) is 3.85. The van der Waals surface area contributed by atoms with E-state index in [-0.39, 0.29) is 9.79 Å². The van der Waals surface area contributed by atoms with Gasteiger partial charge in [0.1, 0.15) is 0 Å². The van der Waals surface area contributed by atoms with Crippen LogP contribution in [0, 0.1) is 0 Å². The Hall–Kier alpha value is -2.41. The lowest BCUT2D eigenvalue weighted by atomic mass is 10.1. The molecule has 2 aromatic carbocycles. The summed E-state index contributed by atoms with van der Waals surface area (Å²) < 4.78 is 26.4. The highest BCUT2D eigenvalue weighted by atomic mass is 32.2. The molecule has 0 amide bonds. The van der Waals surface area contributed by atoms with Crippen LogP contribution in [-0.4, -0.2) is 34.6 Å². The van der Waals surface area contributed by atoms with Crippen molar-refractivity contribution in [3.63, 3.8) is 0 Å². The lowest BCUT2D eigenvalue weighted by Gasteiger charge is -2.30. The fourth-order valence-electron chi connectivity index (χ4n) is 4.38. The maximum Gasteiger partial charge on any atom is 0.206 e. The molecule has 2 aliphatic heterocycles. The molecule has 0 unspecified atom stereocenters. The van der Waals surface area contributed by atoms with Gasteiger partial charge >= 0.3 is 0 Å². The molecular formula is C22H30N4O2S. The van der Waals surface area contributed by atoms with Gasteiger partial charge in [-0.05, 0) is 74.9 Å². The fraction of sp³-hybridized carbons (Fsp3) is 0.455. The lowest BCUT2D eigenvalue weighted by molar-refractivity contribution is 0.577. The third-order valence-corrected chi connectivity index (χ3v) is 7.76. The first-order chi connectivity index (χ1) is 14.0. The van der Waals surface area contributed by atoms with Gasteiger partial charge in [0.05, 0.1) is 32.5 Å². The summed E-state index contributed by atoms with van der Waals surface area (Å²) >= 11 is 0. The third kappa shape index (κ3) is 4.01. The van der Waals surface area contributed by atoms with E-state index in [1.54, 1.807) is 24.3 Å². The first kappa shape index (κ1) is 19.9. The van der Waals surface area contributed by atoms with Gasteiger partial charge in [0.2, 0.25) is 9.84 Å². The monoisotopic (exact) mass is 414 g/mol. The predicted octanol–water partition coefficient (Wildman–Crippen LogP) is 3.66. The van der Waals surface area contributed by atoms with Gasteiger partial charge in [0, 0.05) is 26.2 Å². The molecule has 29 heavy (non-hydrogen) atoms. The Labute approximate surface area is 173 Å². The van der Waals surface area contributed by atoms with Crippen molar-refractivity contribution in [3.05, 3.63) is 36.4 Å². The van der Waals surface area contributed by atoms with E-state index in [2.05, 4.69) is 9.80 Å². The number of nitrogens with two attached hydrogens (primary N) is 2. The first-order valence-electron chi connectivity index (χ1n) is 10.5. The molecule has 0 bridgehead atoms. The van der Waals surface area contributed by atoms with E-state index >= 15 is 0 Å². The molecule has 0 aliphatic carbocycles. The summed E-state index contributed by atoms with van der Waals surface area (Å²) in [4.78, 5) is 4.89. The highest BCUT2D eigenvalue weighted by Crippen LogP contribution is 2.34. The number of nitrogen functional groups attached to an aromatic ring is 2. The normalized spacial score (nSPS) is 18.1. The number of sulfone groups is 1. The van der Waals surface area contributed by atoms with Gasteiger partial charge in [-0.15, -0.1) is 0 Å². The summed E-state index contributed by atoms with van der Waals surface area (Å²) in [5.41, 5.74) is 15.3. The van der Waals surface area contributed by atoms with Crippen LogP contribution in [0.25, 0.3) is 0 Å². The molecule has 0 radical (unpaired) electrons. The van der Waals surface area contributed by atoms with Crippen LogP contribution in [0.5, 0.6) is 0 Å². The number of anilines is 4. The summed E-state index contributed by atoms with van der Waals surface area (Å²) in [5.74, 6) is 0. The van der Waals surface area contributed by atoms with Crippen molar-refractivity contribution in [1.29, 1.82) is 0 Å². The smallest absolute Gasteiger partial charge is 0.206 e. The van der Waals surface area contributed by atoms with Crippen molar-refractivity contribution < 1.29 is 8.42 Å². The molecule has 0 atom stereocenters. The Morgan fingerprint density at radius 2 is 1.00 bits per heavy atom. The van der Waals surface area contributed by atoms with Crippen LogP contribution in [0.2, 0.25) is 0 Å². The minimum Gasteiger partial charge on any atom is -0.397 e. The molecule has 2 saturated heterocycles. The van der Waals surface area contributed by atoms with Gasteiger partial charge < -0.3 is 21.3 Å². The number of hydrogen-bond acceptors (Lipinski definition) is 6. The number of benzene rings is 2. The molecule has 2 aliphatic rings. The minimum atomic E-state index is -3.68. The van der Waals surface area contributed by atoms with E-state index in [9.17, 15) is 8.42 Å². The quantitative estimate of drug-likeness (QED) is 0.742. The summed E-state index contributed by atoms with van der Waals surface area (Å²) in [7, 11) is -3.68. The maximum atomic E-state index is 13.2. The van der Waals surface area contributed by atoms with Crippen LogP contribution in [0.3, 0.4) is 0 Å². The predicted molar refractivity (Wildman–Crippen MR) is 119 cm³/mol. The molecule has 4 N–H and O–H groups in total. The van der Waals surface area contributed by atoms with Crippen molar-refractivity contribution in [1.82, 2.24) is 0 Å². The molecule has 0 spiro atoms. The molecule has 4 rings (SSSR count). The average Bonchev–Trinajstić information content (AvgIpc) is 2.75.